The third kappa shape index (κ3) is 12.6. The Kier molecular flexibility index (Phi) is 12.2. The van der Waals surface area contributed by atoms with Gasteiger partial charge in [-0.05, 0) is 12.8 Å². The lowest BCUT2D eigenvalue weighted by molar-refractivity contribution is -0.225. The molecule has 0 aliphatic carbocycles. The minimum absolute atomic E-state index is 0.241. The van der Waals surface area contributed by atoms with Crippen molar-refractivity contribution in [2.75, 3.05) is 13.2 Å². The van der Waals surface area contributed by atoms with Gasteiger partial charge >= 0.3 is 0 Å². The fourth-order valence-electron chi connectivity index (χ4n) is 1.62. The van der Waals surface area contributed by atoms with Gasteiger partial charge in [-0.15, -0.1) is 0 Å². The van der Waals surface area contributed by atoms with Crippen molar-refractivity contribution in [2.45, 2.75) is 71.6 Å². The summed E-state index contributed by atoms with van der Waals surface area (Å²) in [7, 11) is -4.04. The molecule has 0 fully saturated rings. The number of hydrogen-bond acceptors (Lipinski definition) is 4. The Morgan fingerprint density at radius 2 is 1.17 bits per heavy atom. The van der Waals surface area contributed by atoms with E-state index in [1.54, 1.807) is 0 Å². The average molecular weight is 279 g/mol. The van der Waals surface area contributed by atoms with E-state index in [9.17, 15) is 9.46 Å². The first kappa shape index (κ1) is 18.1. The molecule has 0 amide bonds. The molecule has 110 valence electrons. The average Bonchev–Trinajstić information content (AvgIpc) is 2.34. The highest BCUT2D eigenvalue weighted by atomic mass is 31.2. The fraction of sp³-hybridized carbons (Fsp3) is 1.00. The number of phosphoric ester groups is 1. The van der Waals surface area contributed by atoms with Crippen molar-refractivity contribution in [3.8, 4) is 0 Å². The van der Waals surface area contributed by atoms with Crippen LogP contribution in [0.2, 0.25) is 0 Å². The van der Waals surface area contributed by atoms with Gasteiger partial charge in [0.1, 0.15) is 0 Å². The van der Waals surface area contributed by atoms with Crippen molar-refractivity contribution in [3.63, 3.8) is 0 Å². The van der Waals surface area contributed by atoms with Crippen molar-refractivity contribution < 1.29 is 18.5 Å². The van der Waals surface area contributed by atoms with E-state index in [0.29, 0.717) is 0 Å². The van der Waals surface area contributed by atoms with Gasteiger partial charge < -0.3 is 13.9 Å². The number of unbranched alkanes of at least 4 members (excludes halogenated alkanes) is 7. The molecule has 5 heteroatoms. The van der Waals surface area contributed by atoms with Crippen molar-refractivity contribution in [3.05, 3.63) is 0 Å². The van der Waals surface area contributed by atoms with Crippen LogP contribution in [0.15, 0.2) is 0 Å². The molecule has 0 heterocycles. The van der Waals surface area contributed by atoms with E-state index in [1.165, 1.54) is 19.3 Å². The van der Waals surface area contributed by atoms with Gasteiger partial charge in [0.15, 0.2) is 0 Å². The second-order valence-electron chi connectivity index (χ2n) is 4.59. The monoisotopic (exact) mass is 279 g/mol. The lowest BCUT2D eigenvalue weighted by Gasteiger charge is -2.22. The molecule has 1 unspecified atom stereocenters. The molecule has 1 atom stereocenters. The molecule has 0 spiro atoms. The highest BCUT2D eigenvalue weighted by molar-refractivity contribution is 7.45. The van der Waals surface area contributed by atoms with Gasteiger partial charge in [0.25, 0.3) is 7.82 Å². The van der Waals surface area contributed by atoms with Crippen LogP contribution in [-0.4, -0.2) is 13.2 Å². The van der Waals surface area contributed by atoms with Gasteiger partial charge in [0.2, 0.25) is 0 Å². The summed E-state index contributed by atoms with van der Waals surface area (Å²) >= 11 is 0. The van der Waals surface area contributed by atoms with Crippen molar-refractivity contribution in [2.24, 2.45) is 0 Å². The fourth-order valence-corrected chi connectivity index (χ4v) is 2.40. The van der Waals surface area contributed by atoms with E-state index in [0.717, 1.165) is 38.5 Å². The molecule has 0 N–H and O–H groups in total. The molecule has 18 heavy (non-hydrogen) atoms. The lowest BCUT2D eigenvalue weighted by atomic mass is 10.1. The second-order valence-corrected chi connectivity index (χ2v) is 6.00. The van der Waals surface area contributed by atoms with E-state index in [1.807, 2.05) is 0 Å². The Labute approximate surface area is 112 Å². The van der Waals surface area contributed by atoms with Gasteiger partial charge in [-0.2, -0.15) is 0 Å². The molecule has 0 aliphatic rings. The molecule has 0 radical (unpaired) electrons. The Morgan fingerprint density at radius 3 is 1.72 bits per heavy atom. The zero-order valence-electron chi connectivity index (χ0n) is 11.9. The van der Waals surface area contributed by atoms with Gasteiger partial charge in [-0.25, -0.2) is 0 Å². The normalized spacial score (nSPS) is 14.6. The summed E-state index contributed by atoms with van der Waals surface area (Å²) in [6, 6.07) is 0. The summed E-state index contributed by atoms with van der Waals surface area (Å²) in [5.74, 6) is 0. The Hall–Kier alpha value is 0.110. The van der Waals surface area contributed by atoms with E-state index in [4.69, 9.17) is 9.05 Å². The standard InChI is InChI=1S/C13H29O4P/c1-3-5-7-8-9-11-13-17-18(14,15)16-12-10-6-4-2/h3-13H2,1-2H3,(H,14,15)/p-1. The molecular weight excluding hydrogens is 251 g/mol. The maximum absolute atomic E-state index is 11.3. The highest BCUT2D eigenvalue weighted by Crippen LogP contribution is 2.38. The van der Waals surface area contributed by atoms with E-state index in [-0.39, 0.29) is 13.2 Å². The largest absolute Gasteiger partial charge is 0.756 e. The van der Waals surface area contributed by atoms with E-state index in [2.05, 4.69) is 13.8 Å². The molecule has 0 saturated heterocycles. The predicted molar refractivity (Wildman–Crippen MR) is 72.4 cm³/mol. The van der Waals surface area contributed by atoms with Gasteiger partial charge in [-0.1, -0.05) is 58.8 Å². The van der Waals surface area contributed by atoms with Gasteiger partial charge in [0, 0.05) is 0 Å². The maximum atomic E-state index is 11.3. The number of hydrogen-bond donors (Lipinski definition) is 0. The molecular formula is C13H28O4P-. The first-order valence-corrected chi connectivity index (χ1v) is 8.68. The topological polar surface area (TPSA) is 58.6 Å². The summed E-state index contributed by atoms with van der Waals surface area (Å²) < 4.78 is 20.9. The molecule has 0 bridgehead atoms. The maximum Gasteiger partial charge on any atom is 0.267 e. The molecule has 0 aromatic carbocycles. The van der Waals surface area contributed by atoms with Crippen LogP contribution in [-0.2, 0) is 13.6 Å². The summed E-state index contributed by atoms with van der Waals surface area (Å²) in [6.07, 6.45) is 9.45. The Bertz CT molecular complexity index is 221. The lowest BCUT2D eigenvalue weighted by Crippen LogP contribution is -2.10. The summed E-state index contributed by atoms with van der Waals surface area (Å²) in [4.78, 5) is 11.3. The Balaban J connectivity index is 3.38. The van der Waals surface area contributed by atoms with Crippen LogP contribution in [0.3, 0.4) is 0 Å². The minimum atomic E-state index is -4.04. The second kappa shape index (κ2) is 12.2. The summed E-state index contributed by atoms with van der Waals surface area (Å²) in [5, 5.41) is 0. The zero-order valence-corrected chi connectivity index (χ0v) is 12.8. The highest BCUT2D eigenvalue weighted by Gasteiger charge is 2.08. The van der Waals surface area contributed by atoms with Crippen LogP contribution < -0.4 is 4.89 Å². The Morgan fingerprint density at radius 1 is 0.778 bits per heavy atom. The van der Waals surface area contributed by atoms with E-state index >= 15 is 0 Å². The van der Waals surface area contributed by atoms with Crippen molar-refractivity contribution in [1.29, 1.82) is 0 Å². The van der Waals surface area contributed by atoms with Crippen LogP contribution in [0.4, 0.5) is 0 Å². The number of rotatable bonds is 13. The molecule has 0 aliphatic heterocycles. The molecule has 0 rings (SSSR count). The summed E-state index contributed by atoms with van der Waals surface area (Å²) in [5.41, 5.74) is 0. The SMILES string of the molecule is CCCCCCCCOP(=O)([O-])OCCCCC. The summed E-state index contributed by atoms with van der Waals surface area (Å²) in [6.45, 7) is 4.73. The van der Waals surface area contributed by atoms with Gasteiger partial charge in [-0.3, -0.25) is 4.57 Å². The van der Waals surface area contributed by atoms with Crippen LogP contribution in [0.25, 0.3) is 0 Å². The first-order valence-electron chi connectivity index (χ1n) is 7.22. The molecule has 0 aromatic heterocycles. The zero-order chi connectivity index (χ0) is 13.7. The van der Waals surface area contributed by atoms with Crippen LogP contribution >= 0.6 is 7.82 Å². The van der Waals surface area contributed by atoms with Crippen LogP contribution in [0.1, 0.15) is 71.6 Å². The quantitative estimate of drug-likeness (QED) is 0.377. The van der Waals surface area contributed by atoms with E-state index < -0.39 is 7.82 Å². The van der Waals surface area contributed by atoms with Crippen LogP contribution in [0.5, 0.6) is 0 Å². The molecule has 4 nitrogen and oxygen atoms in total. The number of phosphoric acid groups is 1. The van der Waals surface area contributed by atoms with Gasteiger partial charge in [0.05, 0.1) is 13.2 Å². The third-order valence-electron chi connectivity index (χ3n) is 2.74. The molecule has 0 saturated carbocycles. The smallest absolute Gasteiger partial charge is 0.267 e. The molecule has 0 aromatic rings. The third-order valence-corrected chi connectivity index (χ3v) is 3.74. The van der Waals surface area contributed by atoms with Crippen molar-refractivity contribution in [1.82, 2.24) is 0 Å². The van der Waals surface area contributed by atoms with Crippen LogP contribution in [0, 0.1) is 0 Å². The minimum Gasteiger partial charge on any atom is -0.756 e. The first-order chi connectivity index (χ1) is 8.62. The predicted octanol–water partition coefficient (Wildman–Crippen LogP) is 4.04. The van der Waals surface area contributed by atoms with Crippen molar-refractivity contribution >= 4 is 7.82 Å².